The third-order valence-electron chi connectivity index (χ3n) is 6.33. The minimum Gasteiger partial charge on any atom is -0.480 e. The second-order valence-electron chi connectivity index (χ2n) is 10.0. The molecule has 208 valence electrons. The van der Waals surface area contributed by atoms with E-state index in [-0.39, 0.29) is 24.7 Å². The number of hydrogen-bond acceptors (Lipinski definition) is 6. The first-order valence-corrected chi connectivity index (χ1v) is 13.1. The van der Waals surface area contributed by atoms with Crippen LogP contribution in [0.1, 0.15) is 65.4 Å². The summed E-state index contributed by atoms with van der Waals surface area (Å²) in [5, 5.41) is 17.6. The van der Waals surface area contributed by atoms with E-state index in [0.29, 0.717) is 32.2 Å². The topological polar surface area (TPSA) is 177 Å². The second-order valence-corrected chi connectivity index (χ2v) is 10.0. The summed E-state index contributed by atoms with van der Waals surface area (Å²) in [6.07, 6.45) is 2.67. The molecule has 3 amide bonds. The van der Waals surface area contributed by atoms with Crippen LogP contribution in [0.3, 0.4) is 0 Å². The maximum Gasteiger partial charge on any atom is 0.326 e. The number of nitrogens with one attached hydrogen (secondary N) is 3. The minimum atomic E-state index is -1.15. The quantitative estimate of drug-likeness (QED) is 0.168. The number of carbonyl (C=O) groups is 4. The Balaban J connectivity index is 3.09. The van der Waals surface area contributed by atoms with E-state index in [2.05, 4.69) is 16.0 Å². The number of nitrogens with two attached hydrogens (primary N) is 2. The number of carboxylic acids is 1. The average molecular weight is 520 g/mol. The first-order chi connectivity index (χ1) is 17.5. The molecule has 0 heterocycles. The first kappa shape index (κ1) is 32.0. The highest BCUT2D eigenvalue weighted by Crippen LogP contribution is 2.12. The largest absolute Gasteiger partial charge is 0.480 e. The van der Waals surface area contributed by atoms with Gasteiger partial charge in [0.25, 0.3) is 0 Å². The predicted octanol–water partition coefficient (Wildman–Crippen LogP) is 1.32. The summed E-state index contributed by atoms with van der Waals surface area (Å²) in [4.78, 5) is 51.0. The van der Waals surface area contributed by atoms with E-state index in [1.807, 2.05) is 51.1 Å². The van der Waals surface area contributed by atoms with Gasteiger partial charge in [-0.25, -0.2) is 4.79 Å². The van der Waals surface area contributed by atoms with Gasteiger partial charge < -0.3 is 32.5 Å². The molecule has 0 saturated carbocycles. The molecule has 1 aromatic carbocycles. The van der Waals surface area contributed by atoms with Crippen molar-refractivity contribution < 1.29 is 24.3 Å². The van der Waals surface area contributed by atoms with Crippen LogP contribution in [0.5, 0.6) is 0 Å². The van der Waals surface area contributed by atoms with Crippen LogP contribution in [0.25, 0.3) is 0 Å². The lowest BCUT2D eigenvalue weighted by molar-refractivity contribution is -0.143. The Morgan fingerprint density at radius 2 is 1.51 bits per heavy atom. The van der Waals surface area contributed by atoms with Gasteiger partial charge in [0.15, 0.2) is 0 Å². The number of rotatable bonds is 17. The summed E-state index contributed by atoms with van der Waals surface area (Å²) < 4.78 is 0. The van der Waals surface area contributed by atoms with Crippen molar-refractivity contribution in [2.24, 2.45) is 23.3 Å². The van der Waals surface area contributed by atoms with Crippen LogP contribution in [0.4, 0.5) is 0 Å². The number of benzene rings is 1. The van der Waals surface area contributed by atoms with Gasteiger partial charge >= 0.3 is 5.97 Å². The zero-order valence-corrected chi connectivity index (χ0v) is 22.5. The second kappa shape index (κ2) is 16.7. The SMILES string of the molecule is CCC(C)C(NC(=O)C(Cc1ccccc1)NC(=O)C(N)CC(C)C)C(=O)NC(CCCCN)C(=O)O. The number of carboxylic acid groups (broad SMARTS) is 1. The molecule has 1 rings (SSSR count). The molecule has 10 nitrogen and oxygen atoms in total. The highest BCUT2D eigenvalue weighted by atomic mass is 16.4. The van der Waals surface area contributed by atoms with Crippen molar-refractivity contribution in [1.29, 1.82) is 0 Å². The van der Waals surface area contributed by atoms with Gasteiger partial charge in [-0.3, -0.25) is 14.4 Å². The molecule has 5 unspecified atom stereocenters. The Morgan fingerprint density at radius 1 is 0.892 bits per heavy atom. The fourth-order valence-corrected chi connectivity index (χ4v) is 3.92. The van der Waals surface area contributed by atoms with Gasteiger partial charge in [0, 0.05) is 6.42 Å². The summed E-state index contributed by atoms with van der Waals surface area (Å²) in [6, 6.07) is 5.41. The molecule has 0 radical (unpaired) electrons. The van der Waals surface area contributed by atoms with Crippen LogP contribution in [0.15, 0.2) is 30.3 Å². The smallest absolute Gasteiger partial charge is 0.326 e. The molecule has 0 aromatic heterocycles. The third kappa shape index (κ3) is 11.7. The molecule has 0 saturated heterocycles. The van der Waals surface area contributed by atoms with E-state index in [1.165, 1.54) is 0 Å². The first-order valence-electron chi connectivity index (χ1n) is 13.1. The fraction of sp³-hybridized carbons (Fsp3) is 0.630. The fourth-order valence-electron chi connectivity index (χ4n) is 3.92. The van der Waals surface area contributed by atoms with Crippen molar-refractivity contribution in [1.82, 2.24) is 16.0 Å². The Labute approximate surface area is 220 Å². The van der Waals surface area contributed by atoms with E-state index in [4.69, 9.17) is 11.5 Å². The van der Waals surface area contributed by atoms with Crippen LogP contribution >= 0.6 is 0 Å². The van der Waals surface area contributed by atoms with Crippen molar-refractivity contribution in [3.8, 4) is 0 Å². The zero-order chi connectivity index (χ0) is 28.0. The normalized spacial score (nSPS) is 15.2. The zero-order valence-electron chi connectivity index (χ0n) is 22.5. The Kier molecular flexibility index (Phi) is 14.5. The van der Waals surface area contributed by atoms with Gasteiger partial charge in [-0.2, -0.15) is 0 Å². The maximum atomic E-state index is 13.4. The number of hydrogen-bond donors (Lipinski definition) is 6. The molecular formula is C27H45N5O5. The Bertz CT molecular complexity index is 864. The van der Waals surface area contributed by atoms with Gasteiger partial charge in [-0.15, -0.1) is 0 Å². The molecule has 8 N–H and O–H groups in total. The van der Waals surface area contributed by atoms with Crippen molar-refractivity contribution in [3.05, 3.63) is 35.9 Å². The molecule has 0 bridgehead atoms. The van der Waals surface area contributed by atoms with E-state index in [9.17, 15) is 24.3 Å². The summed E-state index contributed by atoms with van der Waals surface area (Å²) in [5.41, 5.74) is 12.4. The molecule has 10 heteroatoms. The Hall–Kier alpha value is -2.98. The molecule has 0 aliphatic rings. The summed E-state index contributed by atoms with van der Waals surface area (Å²) in [6.45, 7) is 8.02. The molecule has 1 aromatic rings. The van der Waals surface area contributed by atoms with E-state index >= 15 is 0 Å². The number of carbonyl (C=O) groups excluding carboxylic acids is 3. The van der Waals surface area contributed by atoms with Gasteiger partial charge in [0.05, 0.1) is 6.04 Å². The number of amides is 3. The summed E-state index contributed by atoms with van der Waals surface area (Å²) >= 11 is 0. The molecule has 37 heavy (non-hydrogen) atoms. The average Bonchev–Trinajstić information content (AvgIpc) is 2.85. The number of unbranched alkanes of at least 4 members (excludes halogenated alkanes) is 1. The van der Waals surface area contributed by atoms with E-state index in [1.54, 1.807) is 6.92 Å². The highest BCUT2D eigenvalue weighted by molar-refractivity contribution is 5.94. The molecule has 0 aliphatic heterocycles. The molecule has 0 aliphatic carbocycles. The van der Waals surface area contributed by atoms with Crippen molar-refractivity contribution in [2.45, 2.75) is 90.4 Å². The van der Waals surface area contributed by atoms with E-state index < -0.39 is 47.9 Å². The molecule has 5 atom stereocenters. The summed E-state index contributed by atoms with van der Waals surface area (Å²) in [7, 11) is 0. The van der Waals surface area contributed by atoms with Gasteiger partial charge in [0.2, 0.25) is 17.7 Å². The Morgan fingerprint density at radius 3 is 2.05 bits per heavy atom. The van der Waals surface area contributed by atoms with Gasteiger partial charge in [-0.05, 0) is 49.6 Å². The summed E-state index contributed by atoms with van der Waals surface area (Å²) in [5.74, 6) is -2.78. The third-order valence-corrected chi connectivity index (χ3v) is 6.33. The lowest BCUT2D eigenvalue weighted by Gasteiger charge is -2.28. The lowest BCUT2D eigenvalue weighted by Crippen LogP contribution is -2.59. The molecular weight excluding hydrogens is 474 g/mol. The van der Waals surface area contributed by atoms with Crippen LogP contribution in [-0.4, -0.2) is 59.5 Å². The van der Waals surface area contributed by atoms with Gasteiger partial charge in [-0.1, -0.05) is 64.4 Å². The van der Waals surface area contributed by atoms with Crippen molar-refractivity contribution in [3.63, 3.8) is 0 Å². The van der Waals surface area contributed by atoms with Crippen LogP contribution in [-0.2, 0) is 25.6 Å². The minimum absolute atomic E-state index is 0.202. The lowest BCUT2D eigenvalue weighted by atomic mass is 9.96. The van der Waals surface area contributed by atoms with E-state index in [0.717, 1.165) is 5.56 Å². The predicted molar refractivity (Wildman–Crippen MR) is 143 cm³/mol. The van der Waals surface area contributed by atoms with Crippen molar-refractivity contribution in [2.75, 3.05) is 6.54 Å². The van der Waals surface area contributed by atoms with Crippen LogP contribution in [0, 0.1) is 11.8 Å². The monoisotopic (exact) mass is 519 g/mol. The van der Waals surface area contributed by atoms with Crippen molar-refractivity contribution >= 4 is 23.7 Å². The number of aliphatic carboxylic acids is 1. The highest BCUT2D eigenvalue weighted by Gasteiger charge is 2.32. The van der Waals surface area contributed by atoms with Crippen LogP contribution in [0.2, 0.25) is 0 Å². The van der Waals surface area contributed by atoms with Gasteiger partial charge in [0.1, 0.15) is 18.1 Å². The maximum absolute atomic E-state index is 13.4. The molecule has 0 fully saturated rings. The van der Waals surface area contributed by atoms with Crippen LogP contribution < -0.4 is 27.4 Å². The standard InChI is InChI=1S/C27H45N5O5/c1-5-18(4)23(26(35)30-21(27(36)37)13-9-10-14-28)32-25(34)22(16-19-11-7-6-8-12-19)31-24(33)20(29)15-17(2)3/h6-8,11-12,17-18,20-23H,5,9-10,13-16,28-29H2,1-4H3,(H,30,35)(H,31,33)(H,32,34)(H,36,37). The molecule has 0 spiro atoms.